The molecule has 0 saturated heterocycles. The van der Waals surface area contributed by atoms with E-state index < -0.39 is 17.9 Å². The Balaban J connectivity index is 2.71. The SMILES string of the molecule is Cc1ccc(CC(CC(=O)O)C(=O)O)cc1. The van der Waals surface area contributed by atoms with Crippen molar-refractivity contribution in [1.29, 1.82) is 0 Å². The summed E-state index contributed by atoms with van der Waals surface area (Å²) in [6, 6.07) is 7.42. The number of benzene rings is 1. The van der Waals surface area contributed by atoms with Gasteiger partial charge in [0.25, 0.3) is 0 Å². The van der Waals surface area contributed by atoms with Crippen molar-refractivity contribution in [2.45, 2.75) is 19.8 Å². The minimum Gasteiger partial charge on any atom is -0.481 e. The molecule has 86 valence electrons. The zero-order valence-electron chi connectivity index (χ0n) is 9.01. The van der Waals surface area contributed by atoms with E-state index in [9.17, 15) is 9.59 Å². The van der Waals surface area contributed by atoms with Crippen LogP contribution in [-0.4, -0.2) is 22.2 Å². The molecule has 1 atom stereocenters. The van der Waals surface area contributed by atoms with Crippen molar-refractivity contribution in [3.05, 3.63) is 35.4 Å². The Morgan fingerprint density at radius 2 is 1.75 bits per heavy atom. The molecule has 1 rings (SSSR count). The number of hydrogen-bond acceptors (Lipinski definition) is 2. The van der Waals surface area contributed by atoms with E-state index in [0.717, 1.165) is 11.1 Å². The van der Waals surface area contributed by atoms with Gasteiger partial charge in [-0.3, -0.25) is 9.59 Å². The van der Waals surface area contributed by atoms with Crippen LogP contribution in [0.2, 0.25) is 0 Å². The standard InChI is InChI=1S/C12H14O4/c1-8-2-4-9(5-3-8)6-10(12(15)16)7-11(13)14/h2-5,10H,6-7H2,1H3,(H,13,14)(H,15,16). The molecule has 0 fully saturated rings. The van der Waals surface area contributed by atoms with Crippen LogP contribution in [0, 0.1) is 12.8 Å². The van der Waals surface area contributed by atoms with Crippen LogP contribution in [0.15, 0.2) is 24.3 Å². The molecule has 0 bridgehead atoms. The molecule has 16 heavy (non-hydrogen) atoms. The van der Waals surface area contributed by atoms with Gasteiger partial charge in [-0.05, 0) is 18.9 Å². The normalized spacial score (nSPS) is 12.1. The minimum atomic E-state index is -1.08. The third-order valence-electron chi connectivity index (χ3n) is 2.37. The van der Waals surface area contributed by atoms with Crippen LogP contribution >= 0.6 is 0 Å². The first kappa shape index (κ1) is 12.2. The molecule has 0 aromatic heterocycles. The van der Waals surface area contributed by atoms with Crippen molar-refractivity contribution in [3.63, 3.8) is 0 Å². The second-order valence-corrected chi connectivity index (χ2v) is 3.82. The summed E-state index contributed by atoms with van der Waals surface area (Å²) in [7, 11) is 0. The minimum absolute atomic E-state index is 0.252. The Kier molecular flexibility index (Phi) is 4.05. The lowest BCUT2D eigenvalue weighted by molar-refractivity contribution is -0.148. The smallest absolute Gasteiger partial charge is 0.307 e. The summed E-state index contributed by atoms with van der Waals surface area (Å²) in [6.45, 7) is 1.94. The van der Waals surface area contributed by atoms with Crippen LogP contribution in [0.1, 0.15) is 17.5 Å². The van der Waals surface area contributed by atoms with Gasteiger partial charge in [-0.1, -0.05) is 29.8 Å². The number of carbonyl (C=O) groups is 2. The number of carboxylic acids is 2. The van der Waals surface area contributed by atoms with Crippen molar-refractivity contribution >= 4 is 11.9 Å². The van der Waals surface area contributed by atoms with Gasteiger partial charge in [0.05, 0.1) is 12.3 Å². The molecule has 0 spiro atoms. The molecule has 0 aliphatic carbocycles. The van der Waals surface area contributed by atoms with E-state index in [1.165, 1.54) is 0 Å². The first-order chi connectivity index (χ1) is 7.49. The molecule has 0 radical (unpaired) electrons. The molecule has 1 unspecified atom stereocenters. The largest absolute Gasteiger partial charge is 0.481 e. The fraction of sp³-hybridized carbons (Fsp3) is 0.333. The summed E-state index contributed by atoms with van der Waals surface area (Å²) < 4.78 is 0. The Morgan fingerprint density at radius 3 is 2.19 bits per heavy atom. The van der Waals surface area contributed by atoms with E-state index >= 15 is 0 Å². The summed E-state index contributed by atoms with van der Waals surface area (Å²) in [5, 5.41) is 17.5. The monoisotopic (exact) mass is 222 g/mol. The summed E-state index contributed by atoms with van der Waals surface area (Å²) in [6.07, 6.45) is -0.0921. The van der Waals surface area contributed by atoms with Crippen LogP contribution in [0.4, 0.5) is 0 Å². The highest BCUT2D eigenvalue weighted by atomic mass is 16.4. The van der Waals surface area contributed by atoms with Gasteiger partial charge in [0, 0.05) is 0 Å². The van der Waals surface area contributed by atoms with Crippen molar-refractivity contribution in [3.8, 4) is 0 Å². The molecule has 0 amide bonds. The first-order valence-corrected chi connectivity index (χ1v) is 4.99. The van der Waals surface area contributed by atoms with Crippen molar-refractivity contribution in [1.82, 2.24) is 0 Å². The Morgan fingerprint density at radius 1 is 1.19 bits per heavy atom. The summed E-state index contributed by atoms with van der Waals surface area (Å²) >= 11 is 0. The Labute approximate surface area is 93.5 Å². The van der Waals surface area contributed by atoms with Crippen molar-refractivity contribution < 1.29 is 19.8 Å². The first-order valence-electron chi connectivity index (χ1n) is 4.99. The van der Waals surface area contributed by atoms with E-state index in [-0.39, 0.29) is 12.8 Å². The third-order valence-corrected chi connectivity index (χ3v) is 2.37. The highest BCUT2D eigenvalue weighted by molar-refractivity contribution is 5.78. The summed E-state index contributed by atoms with van der Waals surface area (Å²) in [5.74, 6) is -3.01. The topological polar surface area (TPSA) is 74.6 Å². The lowest BCUT2D eigenvalue weighted by Crippen LogP contribution is -2.20. The van der Waals surface area contributed by atoms with E-state index in [1.54, 1.807) is 0 Å². The Hall–Kier alpha value is -1.84. The van der Waals surface area contributed by atoms with Crippen LogP contribution in [0.5, 0.6) is 0 Å². The maximum absolute atomic E-state index is 10.8. The molecule has 0 aliphatic heterocycles. The lowest BCUT2D eigenvalue weighted by Gasteiger charge is -2.09. The average molecular weight is 222 g/mol. The zero-order valence-corrected chi connectivity index (χ0v) is 9.01. The molecule has 4 nitrogen and oxygen atoms in total. The van der Waals surface area contributed by atoms with E-state index in [1.807, 2.05) is 31.2 Å². The summed E-state index contributed by atoms with van der Waals surface area (Å²) in [4.78, 5) is 21.3. The second-order valence-electron chi connectivity index (χ2n) is 3.82. The second kappa shape index (κ2) is 5.30. The molecule has 1 aromatic rings. The lowest BCUT2D eigenvalue weighted by atomic mass is 9.96. The van der Waals surface area contributed by atoms with Gasteiger partial charge in [-0.25, -0.2) is 0 Å². The van der Waals surface area contributed by atoms with E-state index in [0.29, 0.717) is 0 Å². The van der Waals surface area contributed by atoms with Gasteiger partial charge >= 0.3 is 11.9 Å². The quantitative estimate of drug-likeness (QED) is 0.795. The van der Waals surface area contributed by atoms with E-state index in [2.05, 4.69) is 0 Å². The average Bonchev–Trinajstić information content (AvgIpc) is 2.19. The molecule has 4 heteroatoms. The maximum Gasteiger partial charge on any atom is 0.307 e. The number of carboxylic acid groups (broad SMARTS) is 2. The fourth-order valence-corrected chi connectivity index (χ4v) is 1.47. The maximum atomic E-state index is 10.8. The molecular formula is C12H14O4. The predicted octanol–water partition coefficient (Wildman–Crippen LogP) is 1.71. The van der Waals surface area contributed by atoms with Crippen LogP contribution < -0.4 is 0 Å². The van der Waals surface area contributed by atoms with Gasteiger partial charge < -0.3 is 10.2 Å². The number of aryl methyl sites for hydroxylation is 1. The molecule has 2 N–H and O–H groups in total. The van der Waals surface area contributed by atoms with Gasteiger partial charge in [0.2, 0.25) is 0 Å². The van der Waals surface area contributed by atoms with E-state index in [4.69, 9.17) is 10.2 Å². The summed E-state index contributed by atoms with van der Waals surface area (Å²) in [5.41, 5.74) is 1.94. The van der Waals surface area contributed by atoms with Gasteiger partial charge in [-0.2, -0.15) is 0 Å². The Bertz CT molecular complexity index is 381. The van der Waals surface area contributed by atoms with Crippen LogP contribution in [0.3, 0.4) is 0 Å². The fourth-order valence-electron chi connectivity index (χ4n) is 1.47. The van der Waals surface area contributed by atoms with Crippen molar-refractivity contribution in [2.24, 2.45) is 5.92 Å². The van der Waals surface area contributed by atoms with Gasteiger partial charge in [-0.15, -0.1) is 0 Å². The molecule has 0 heterocycles. The highest BCUT2D eigenvalue weighted by Crippen LogP contribution is 2.13. The predicted molar refractivity (Wildman–Crippen MR) is 58.3 cm³/mol. The third kappa shape index (κ3) is 3.73. The molecular weight excluding hydrogens is 208 g/mol. The molecule has 1 aromatic carbocycles. The van der Waals surface area contributed by atoms with Crippen LogP contribution in [0.25, 0.3) is 0 Å². The van der Waals surface area contributed by atoms with Gasteiger partial charge in [0.1, 0.15) is 0 Å². The number of hydrogen-bond donors (Lipinski definition) is 2. The van der Waals surface area contributed by atoms with Crippen LogP contribution in [-0.2, 0) is 16.0 Å². The zero-order chi connectivity index (χ0) is 12.1. The number of aliphatic carboxylic acids is 2. The molecule has 0 saturated carbocycles. The van der Waals surface area contributed by atoms with Crippen molar-refractivity contribution in [2.75, 3.05) is 0 Å². The number of rotatable bonds is 5. The van der Waals surface area contributed by atoms with Gasteiger partial charge in [0.15, 0.2) is 0 Å². The molecule has 0 aliphatic rings. The highest BCUT2D eigenvalue weighted by Gasteiger charge is 2.21.